The molecule has 0 saturated carbocycles. The zero-order chi connectivity index (χ0) is 7.68. The number of carbonyl (C=O) groups excluding carboxylic acids is 1. The van der Waals surface area contributed by atoms with Crippen LogP contribution in [0.4, 0.5) is 0 Å². The van der Waals surface area contributed by atoms with Crippen LogP contribution in [0.3, 0.4) is 0 Å². The van der Waals surface area contributed by atoms with Crippen molar-refractivity contribution in [2.45, 2.75) is 13.0 Å². The first-order chi connectivity index (χ1) is 5.36. The summed E-state index contributed by atoms with van der Waals surface area (Å²) in [5, 5.41) is 0. The Labute approximate surface area is 64.0 Å². The number of rotatable bonds is 0. The molecule has 1 aliphatic heterocycles. The number of cyclic esters (lactones) is 1. The van der Waals surface area contributed by atoms with Crippen molar-refractivity contribution in [2.24, 2.45) is 0 Å². The molecule has 0 amide bonds. The van der Waals surface area contributed by atoms with Crippen LogP contribution in [-0.2, 0) is 22.6 Å². The Hall–Kier alpha value is -1.38. The molecule has 56 valence electrons. The fraction of sp³-hybridized carbons (Fsp3) is 0.250. The van der Waals surface area contributed by atoms with Gasteiger partial charge in [0.15, 0.2) is 0 Å². The van der Waals surface area contributed by atoms with Gasteiger partial charge in [-0.05, 0) is 17.2 Å². The third-order valence-corrected chi connectivity index (χ3v) is 1.73. The van der Waals surface area contributed by atoms with E-state index in [0.717, 1.165) is 11.1 Å². The van der Waals surface area contributed by atoms with E-state index < -0.39 is 0 Å². The van der Waals surface area contributed by atoms with Crippen molar-refractivity contribution in [1.82, 2.24) is 4.98 Å². The van der Waals surface area contributed by atoms with Gasteiger partial charge in [0, 0.05) is 12.4 Å². The van der Waals surface area contributed by atoms with Gasteiger partial charge in [0.25, 0.3) is 0 Å². The first-order valence-corrected chi connectivity index (χ1v) is 3.43. The summed E-state index contributed by atoms with van der Waals surface area (Å²) in [4.78, 5) is 14.7. The Morgan fingerprint density at radius 2 is 2.36 bits per heavy atom. The van der Waals surface area contributed by atoms with Crippen LogP contribution in [0.2, 0.25) is 0 Å². The highest BCUT2D eigenvalue weighted by Gasteiger charge is 2.15. The van der Waals surface area contributed by atoms with Crippen molar-refractivity contribution in [1.29, 1.82) is 0 Å². The van der Waals surface area contributed by atoms with Gasteiger partial charge in [-0.3, -0.25) is 9.78 Å². The molecule has 0 bridgehead atoms. The van der Waals surface area contributed by atoms with Crippen molar-refractivity contribution in [2.75, 3.05) is 0 Å². The normalized spacial score (nSPS) is 15.5. The summed E-state index contributed by atoms with van der Waals surface area (Å²) < 4.78 is 4.84. The molecule has 1 aromatic heterocycles. The number of hydrogen-bond acceptors (Lipinski definition) is 3. The number of nitrogens with zero attached hydrogens (tertiary/aromatic N) is 1. The van der Waals surface area contributed by atoms with Crippen LogP contribution >= 0.6 is 0 Å². The van der Waals surface area contributed by atoms with E-state index in [0.29, 0.717) is 13.0 Å². The van der Waals surface area contributed by atoms with Gasteiger partial charge in [0.1, 0.15) is 6.61 Å². The molecule has 0 spiro atoms. The number of hydrogen-bond donors (Lipinski definition) is 0. The SMILES string of the molecule is O=C1Cc2cnccc2CO1. The summed E-state index contributed by atoms with van der Waals surface area (Å²) in [6, 6.07) is 1.88. The second-order valence-electron chi connectivity index (χ2n) is 2.48. The molecule has 11 heavy (non-hydrogen) atoms. The van der Waals surface area contributed by atoms with Crippen molar-refractivity contribution in [3.63, 3.8) is 0 Å². The largest absolute Gasteiger partial charge is 0.461 e. The fourth-order valence-electron chi connectivity index (χ4n) is 1.12. The zero-order valence-corrected chi connectivity index (χ0v) is 5.91. The summed E-state index contributed by atoms with van der Waals surface area (Å²) in [5.41, 5.74) is 2.06. The maximum Gasteiger partial charge on any atom is 0.310 e. The first kappa shape index (κ1) is 6.34. The summed E-state index contributed by atoms with van der Waals surface area (Å²) in [7, 11) is 0. The highest BCUT2D eigenvalue weighted by atomic mass is 16.5. The van der Waals surface area contributed by atoms with Crippen LogP contribution in [0.1, 0.15) is 11.1 Å². The summed E-state index contributed by atoms with van der Waals surface area (Å²) in [5.74, 6) is -0.162. The Kier molecular flexibility index (Phi) is 1.35. The average Bonchev–Trinajstić information content (AvgIpc) is 2.04. The van der Waals surface area contributed by atoms with Crippen LogP contribution in [0.25, 0.3) is 0 Å². The van der Waals surface area contributed by atoms with Crippen LogP contribution in [0.15, 0.2) is 18.5 Å². The molecule has 0 unspecified atom stereocenters. The van der Waals surface area contributed by atoms with Gasteiger partial charge in [-0.25, -0.2) is 0 Å². The summed E-state index contributed by atoms with van der Waals surface area (Å²) >= 11 is 0. The lowest BCUT2D eigenvalue weighted by molar-refractivity contribution is -0.145. The molecule has 0 fully saturated rings. The molecule has 2 rings (SSSR count). The van der Waals surface area contributed by atoms with Crippen molar-refractivity contribution >= 4 is 5.97 Å². The molecule has 0 radical (unpaired) electrons. The maximum absolute atomic E-state index is 10.8. The van der Waals surface area contributed by atoms with Gasteiger partial charge in [0.05, 0.1) is 6.42 Å². The number of pyridine rings is 1. The number of ether oxygens (including phenoxy) is 1. The smallest absolute Gasteiger partial charge is 0.310 e. The highest BCUT2D eigenvalue weighted by Crippen LogP contribution is 2.14. The molecule has 3 nitrogen and oxygen atoms in total. The summed E-state index contributed by atoms with van der Waals surface area (Å²) in [6.07, 6.45) is 3.79. The monoisotopic (exact) mass is 149 g/mol. The van der Waals surface area contributed by atoms with E-state index in [1.165, 1.54) is 0 Å². The molecule has 3 heteroatoms. The van der Waals surface area contributed by atoms with Crippen molar-refractivity contribution < 1.29 is 9.53 Å². The van der Waals surface area contributed by atoms with Gasteiger partial charge < -0.3 is 4.74 Å². The summed E-state index contributed by atoms with van der Waals surface area (Å²) in [6.45, 7) is 0.399. The van der Waals surface area contributed by atoms with E-state index in [1.54, 1.807) is 12.4 Å². The third-order valence-electron chi connectivity index (χ3n) is 1.73. The van der Waals surface area contributed by atoms with Crippen LogP contribution < -0.4 is 0 Å². The Morgan fingerprint density at radius 1 is 1.45 bits per heavy atom. The molecule has 0 atom stereocenters. The first-order valence-electron chi connectivity index (χ1n) is 3.43. The van der Waals surface area contributed by atoms with Gasteiger partial charge in [0.2, 0.25) is 0 Å². The van der Waals surface area contributed by atoms with Crippen LogP contribution in [0.5, 0.6) is 0 Å². The van der Waals surface area contributed by atoms with Gasteiger partial charge in [-0.2, -0.15) is 0 Å². The lowest BCUT2D eigenvalue weighted by Crippen LogP contribution is -2.16. The zero-order valence-electron chi connectivity index (χ0n) is 5.91. The molecule has 1 aromatic rings. The Balaban J connectivity index is 2.41. The van der Waals surface area contributed by atoms with Crippen LogP contribution in [0, 0.1) is 0 Å². The van der Waals surface area contributed by atoms with E-state index in [9.17, 15) is 4.79 Å². The standard InChI is InChI=1S/C8H7NO2/c10-8-3-7-4-9-2-1-6(7)5-11-8/h1-2,4H,3,5H2. The molecule has 0 saturated heterocycles. The van der Waals surface area contributed by atoms with E-state index in [-0.39, 0.29) is 5.97 Å². The average molecular weight is 149 g/mol. The minimum atomic E-state index is -0.162. The van der Waals surface area contributed by atoms with Crippen molar-refractivity contribution in [3.05, 3.63) is 29.6 Å². The Bertz CT molecular complexity index is 296. The quantitative estimate of drug-likeness (QED) is 0.509. The van der Waals surface area contributed by atoms with Gasteiger partial charge >= 0.3 is 5.97 Å². The molecule has 0 N–H and O–H groups in total. The van der Waals surface area contributed by atoms with E-state index in [4.69, 9.17) is 4.74 Å². The maximum atomic E-state index is 10.8. The third kappa shape index (κ3) is 1.09. The molecule has 1 aliphatic rings. The van der Waals surface area contributed by atoms with Gasteiger partial charge in [-0.15, -0.1) is 0 Å². The molecule has 0 aliphatic carbocycles. The lowest BCUT2D eigenvalue weighted by Gasteiger charge is -2.14. The van der Waals surface area contributed by atoms with Crippen LogP contribution in [-0.4, -0.2) is 11.0 Å². The van der Waals surface area contributed by atoms with E-state index in [2.05, 4.69) is 4.98 Å². The predicted octanol–water partition coefficient (Wildman–Crippen LogP) is 0.681. The molecular weight excluding hydrogens is 142 g/mol. The lowest BCUT2D eigenvalue weighted by atomic mass is 10.1. The predicted molar refractivity (Wildman–Crippen MR) is 37.7 cm³/mol. The van der Waals surface area contributed by atoms with E-state index in [1.807, 2.05) is 6.07 Å². The second-order valence-corrected chi connectivity index (χ2v) is 2.48. The Morgan fingerprint density at radius 3 is 3.27 bits per heavy atom. The number of carbonyl (C=O) groups is 1. The number of esters is 1. The minimum absolute atomic E-state index is 0.162. The molecule has 2 heterocycles. The second kappa shape index (κ2) is 2.34. The van der Waals surface area contributed by atoms with E-state index >= 15 is 0 Å². The molecular formula is C8H7NO2. The number of fused-ring (bicyclic) bond motifs is 1. The minimum Gasteiger partial charge on any atom is -0.461 e. The molecule has 0 aromatic carbocycles. The fourth-order valence-corrected chi connectivity index (χ4v) is 1.12. The number of aromatic nitrogens is 1. The van der Waals surface area contributed by atoms with Gasteiger partial charge in [-0.1, -0.05) is 0 Å². The van der Waals surface area contributed by atoms with Crippen molar-refractivity contribution in [3.8, 4) is 0 Å². The highest BCUT2D eigenvalue weighted by molar-refractivity contribution is 5.74. The topological polar surface area (TPSA) is 39.2 Å².